The Morgan fingerprint density at radius 2 is 1.10 bits per heavy atom. The maximum atomic E-state index is 3.34. The van der Waals surface area contributed by atoms with Gasteiger partial charge in [-0.2, -0.15) is 46.5 Å². The van der Waals surface area contributed by atoms with Gasteiger partial charge in [0.2, 0.25) is 0 Å². The van der Waals surface area contributed by atoms with Crippen LogP contribution in [-0.2, 0) is 49.9 Å². The zero-order valence-corrected chi connectivity index (χ0v) is 14.8. The minimum absolute atomic E-state index is 1.30. The van der Waals surface area contributed by atoms with Crippen LogP contribution in [0.4, 0.5) is 0 Å². The number of hydrogen-bond donors (Lipinski definition) is 0. The van der Waals surface area contributed by atoms with Crippen molar-refractivity contribution in [3.8, 4) is 0 Å². The summed E-state index contributed by atoms with van der Waals surface area (Å²) in [5.74, 6) is 0. The van der Waals surface area contributed by atoms with E-state index in [1.807, 2.05) is 0 Å². The van der Waals surface area contributed by atoms with Gasteiger partial charge in [-0.1, -0.05) is 51.4 Å². The van der Waals surface area contributed by atoms with E-state index >= 15 is 0 Å². The molecule has 0 aliphatic heterocycles. The molecule has 104 valence electrons. The molecule has 2 aromatic carbocycles. The van der Waals surface area contributed by atoms with Crippen LogP contribution in [0.2, 0.25) is 0 Å². The maximum Gasteiger partial charge on any atom is -0.0512 e. The Morgan fingerprint density at radius 3 is 1.50 bits per heavy atom. The van der Waals surface area contributed by atoms with Gasteiger partial charge in [0.05, 0.1) is 0 Å². The summed E-state index contributed by atoms with van der Waals surface area (Å²) < 4.78 is 3.34. The Labute approximate surface area is 138 Å². The Balaban J connectivity index is 0.000000131. The second-order valence-electron chi connectivity index (χ2n) is 5.57. The van der Waals surface area contributed by atoms with Crippen LogP contribution in [0.5, 0.6) is 0 Å². The van der Waals surface area contributed by atoms with E-state index in [4.69, 9.17) is 0 Å². The minimum Gasteiger partial charge on any atom is -0.210 e. The second kappa shape index (κ2) is 8.68. The summed E-state index contributed by atoms with van der Waals surface area (Å²) in [7, 11) is 0. The molecule has 0 atom stereocenters. The van der Waals surface area contributed by atoms with Crippen molar-refractivity contribution in [1.29, 1.82) is 0 Å². The van der Waals surface area contributed by atoms with E-state index in [2.05, 4.69) is 40.6 Å². The molecule has 0 bridgehead atoms. The number of hydrogen-bond acceptors (Lipinski definition) is 0. The van der Waals surface area contributed by atoms with Crippen molar-refractivity contribution in [2.75, 3.05) is 0 Å². The molecular weight excluding hydrogens is 319 g/mol. The van der Waals surface area contributed by atoms with Crippen molar-refractivity contribution in [2.24, 2.45) is 0 Å². The molecule has 2 aliphatic carbocycles. The molecule has 0 radical (unpaired) electrons. The van der Waals surface area contributed by atoms with Gasteiger partial charge in [0.25, 0.3) is 0 Å². The van der Waals surface area contributed by atoms with Crippen LogP contribution in [0.3, 0.4) is 0 Å². The molecule has 0 aromatic heterocycles. The van der Waals surface area contributed by atoms with Gasteiger partial charge in [-0.15, -0.1) is 0 Å². The Morgan fingerprint density at radius 1 is 0.700 bits per heavy atom. The van der Waals surface area contributed by atoms with Crippen molar-refractivity contribution >= 4 is 4.21 Å². The first-order valence-corrected chi connectivity index (χ1v) is 9.49. The van der Waals surface area contributed by atoms with E-state index in [-0.39, 0.29) is 0 Å². The topological polar surface area (TPSA) is 0 Å². The standard InChI is InChI=1S/2C9H11.CH2.Zr/c2*1-2-5-9-7-3-6-8(9)4-1;;/h2*3,6-7H,1-2,4-5H2;1H2;/q2*-1;;+2. The third kappa shape index (κ3) is 4.22. The Kier molecular flexibility index (Phi) is 6.87. The average molecular weight is 344 g/mol. The molecule has 0 fully saturated rings. The number of aryl methyl sites for hydroxylation is 4. The molecule has 0 saturated heterocycles. The fourth-order valence-corrected chi connectivity index (χ4v) is 3.23. The van der Waals surface area contributed by atoms with Gasteiger partial charge in [-0.05, 0) is 0 Å². The molecule has 2 aromatic rings. The summed E-state index contributed by atoms with van der Waals surface area (Å²) in [6, 6.07) is 13.4. The van der Waals surface area contributed by atoms with Crippen molar-refractivity contribution in [1.82, 2.24) is 0 Å². The first-order valence-electron chi connectivity index (χ1n) is 7.76. The molecular formula is C19H24Zr. The van der Waals surface area contributed by atoms with Crippen LogP contribution >= 0.6 is 0 Å². The fraction of sp³-hybridized carbons (Fsp3) is 0.421. The van der Waals surface area contributed by atoms with Gasteiger partial charge in [-0.25, -0.2) is 12.1 Å². The molecule has 0 amide bonds. The first-order chi connectivity index (χ1) is 9.93. The maximum absolute atomic E-state index is 3.34. The van der Waals surface area contributed by atoms with Gasteiger partial charge < -0.3 is 0 Å². The summed E-state index contributed by atoms with van der Waals surface area (Å²) in [6.07, 6.45) is 10.9. The summed E-state index contributed by atoms with van der Waals surface area (Å²) in [4.78, 5) is 0. The van der Waals surface area contributed by atoms with E-state index in [1.165, 1.54) is 75.6 Å². The van der Waals surface area contributed by atoms with Crippen LogP contribution in [0.25, 0.3) is 0 Å². The van der Waals surface area contributed by atoms with Crippen molar-refractivity contribution < 1.29 is 24.2 Å². The largest absolute Gasteiger partial charge is 0.210 e. The SMILES string of the molecule is [CH2]=[Zr+2].c1cc2c([cH-]1)CCCC2.c1cc2c([cH-]1)CCCC2. The molecule has 20 heavy (non-hydrogen) atoms. The van der Waals surface area contributed by atoms with E-state index in [0.29, 0.717) is 0 Å². The van der Waals surface area contributed by atoms with E-state index in [0.717, 1.165) is 0 Å². The van der Waals surface area contributed by atoms with Gasteiger partial charge in [0, 0.05) is 0 Å². The van der Waals surface area contributed by atoms with Gasteiger partial charge in [0.15, 0.2) is 0 Å². The third-order valence-electron chi connectivity index (χ3n) is 4.30. The quantitative estimate of drug-likeness (QED) is 0.616. The van der Waals surface area contributed by atoms with Crippen molar-refractivity contribution in [3.05, 3.63) is 58.7 Å². The molecule has 0 heterocycles. The van der Waals surface area contributed by atoms with E-state index in [9.17, 15) is 0 Å². The molecule has 0 N–H and O–H groups in total. The Bertz CT molecular complexity index is 416. The average Bonchev–Trinajstić information content (AvgIpc) is 3.18. The van der Waals surface area contributed by atoms with Crippen molar-refractivity contribution in [2.45, 2.75) is 51.4 Å². The van der Waals surface area contributed by atoms with Gasteiger partial charge in [0.1, 0.15) is 0 Å². The smallest absolute Gasteiger partial charge is 0.0512 e. The summed E-state index contributed by atoms with van der Waals surface area (Å²) in [5, 5.41) is 0. The second-order valence-corrected chi connectivity index (χ2v) is 5.57. The molecule has 0 spiro atoms. The van der Waals surface area contributed by atoms with Gasteiger partial charge in [-0.3, -0.25) is 0 Å². The zero-order valence-electron chi connectivity index (χ0n) is 12.3. The van der Waals surface area contributed by atoms with E-state index in [1.54, 1.807) is 22.3 Å². The number of rotatable bonds is 0. The van der Waals surface area contributed by atoms with Gasteiger partial charge >= 0.3 is 28.4 Å². The molecule has 2 aliphatic rings. The molecule has 1 heteroatoms. The predicted octanol–water partition coefficient (Wildman–Crippen LogP) is 4.53. The monoisotopic (exact) mass is 342 g/mol. The normalized spacial score (nSPS) is 15.9. The zero-order chi connectivity index (χ0) is 14.2. The molecule has 0 unspecified atom stereocenters. The minimum atomic E-state index is 1.30. The first kappa shape index (κ1) is 15.8. The van der Waals surface area contributed by atoms with Crippen LogP contribution in [0.1, 0.15) is 47.9 Å². The third-order valence-corrected chi connectivity index (χ3v) is 4.30. The fourth-order valence-electron chi connectivity index (χ4n) is 3.23. The molecule has 4 rings (SSSR count). The summed E-state index contributed by atoms with van der Waals surface area (Å²) in [6.45, 7) is 0. The molecule has 0 nitrogen and oxygen atoms in total. The summed E-state index contributed by atoms with van der Waals surface area (Å²) >= 11 is 1.30. The Hall–Kier alpha value is -0.547. The van der Waals surface area contributed by atoms with Crippen molar-refractivity contribution in [3.63, 3.8) is 0 Å². The van der Waals surface area contributed by atoms with Crippen LogP contribution in [-0.4, -0.2) is 4.21 Å². The van der Waals surface area contributed by atoms with E-state index < -0.39 is 0 Å². The molecule has 0 saturated carbocycles. The van der Waals surface area contributed by atoms with Crippen LogP contribution < -0.4 is 0 Å². The number of fused-ring (bicyclic) bond motifs is 2. The van der Waals surface area contributed by atoms with Crippen LogP contribution in [0, 0.1) is 0 Å². The predicted molar refractivity (Wildman–Crippen MR) is 84.5 cm³/mol. The van der Waals surface area contributed by atoms with Crippen LogP contribution in [0.15, 0.2) is 36.4 Å². The summed E-state index contributed by atoms with van der Waals surface area (Å²) in [5.41, 5.74) is 6.39.